The summed E-state index contributed by atoms with van der Waals surface area (Å²) in [6.45, 7) is 0.644. The first-order chi connectivity index (χ1) is 17.4. The summed E-state index contributed by atoms with van der Waals surface area (Å²) in [6.07, 6.45) is 8.75. The van der Waals surface area contributed by atoms with E-state index in [0.717, 1.165) is 28.6 Å². The van der Waals surface area contributed by atoms with Crippen molar-refractivity contribution in [2.75, 3.05) is 24.7 Å². The van der Waals surface area contributed by atoms with E-state index in [2.05, 4.69) is 26.1 Å². The number of rotatable bonds is 10. The molecule has 1 aromatic carbocycles. The van der Waals surface area contributed by atoms with Crippen molar-refractivity contribution >= 4 is 15.8 Å². The lowest BCUT2D eigenvalue weighted by Crippen LogP contribution is -2.33. The number of sulfonamides is 1. The summed E-state index contributed by atoms with van der Waals surface area (Å²) in [5, 5.41) is 12.8. The fourth-order valence-corrected chi connectivity index (χ4v) is 4.74. The molecule has 4 rings (SSSR count). The Morgan fingerprint density at radius 1 is 0.889 bits per heavy atom. The van der Waals surface area contributed by atoms with Crippen LogP contribution in [0.3, 0.4) is 0 Å². The van der Waals surface area contributed by atoms with Gasteiger partial charge in [-0.05, 0) is 53.1 Å². The van der Waals surface area contributed by atoms with Crippen molar-refractivity contribution in [3.8, 4) is 6.07 Å². The van der Waals surface area contributed by atoms with E-state index in [1.807, 2.05) is 73.1 Å². The molecule has 0 radical (unpaired) electrons. The summed E-state index contributed by atoms with van der Waals surface area (Å²) >= 11 is 0. The zero-order valence-corrected chi connectivity index (χ0v) is 20.6. The summed E-state index contributed by atoms with van der Waals surface area (Å²) < 4.78 is 25.1. The highest BCUT2D eigenvalue weighted by Gasteiger charge is 2.38. The minimum Gasteiger partial charge on any atom is -0.369 e. The second-order valence-electron chi connectivity index (χ2n) is 8.37. The first kappa shape index (κ1) is 25.0. The number of aromatic nitrogens is 3. The predicted octanol–water partition coefficient (Wildman–Crippen LogP) is 3.28. The molecule has 0 fully saturated rings. The summed E-state index contributed by atoms with van der Waals surface area (Å²) in [6, 6.07) is 23.4. The largest absolute Gasteiger partial charge is 0.369 e. The Morgan fingerprint density at radius 2 is 1.56 bits per heavy atom. The maximum Gasteiger partial charge on any atom is 0.208 e. The van der Waals surface area contributed by atoms with Crippen molar-refractivity contribution in [3.05, 3.63) is 119 Å². The van der Waals surface area contributed by atoms with Crippen LogP contribution in [0.25, 0.3) is 0 Å². The molecule has 0 unspecified atom stereocenters. The summed E-state index contributed by atoms with van der Waals surface area (Å²) in [7, 11) is -3.25. The smallest absolute Gasteiger partial charge is 0.208 e. The first-order valence-electron chi connectivity index (χ1n) is 11.4. The van der Waals surface area contributed by atoms with Crippen LogP contribution >= 0.6 is 0 Å². The number of pyridine rings is 3. The highest BCUT2D eigenvalue weighted by Crippen LogP contribution is 2.41. The molecule has 4 aromatic rings. The van der Waals surface area contributed by atoms with Crippen LogP contribution in [-0.2, 0) is 21.9 Å². The van der Waals surface area contributed by atoms with Gasteiger partial charge in [0.25, 0.3) is 0 Å². The van der Waals surface area contributed by atoms with Crippen molar-refractivity contribution in [1.29, 1.82) is 5.26 Å². The van der Waals surface area contributed by atoms with Crippen molar-refractivity contribution < 1.29 is 8.42 Å². The molecule has 9 heteroatoms. The van der Waals surface area contributed by atoms with Crippen LogP contribution in [0.5, 0.6) is 0 Å². The van der Waals surface area contributed by atoms with Crippen molar-refractivity contribution in [1.82, 2.24) is 19.7 Å². The van der Waals surface area contributed by atoms with Crippen LogP contribution in [-0.4, -0.2) is 42.7 Å². The third-order valence-corrected chi connectivity index (χ3v) is 6.57. The van der Waals surface area contributed by atoms with Gasteiger partial charge in [-0.1, -0.05) is 30.3 Å². The van der Waals surface area contributed by atoms with Crippen molar-refractivity contribution in [2.24, 2.45) is 0 Å². The predicted molar refractivity (Wildman–Crippen MR) is 139 cm³/mol. The zero-order chi connectivity index (χ0) is 25.4. The number of benzene rings is 1. The molecule has 0 aliphatic heterocycles. The van der Waals surface area contributed by atoms with Crippen LogP contribution < -0.4 is 10.0 Å². The second-order valence-corrected chi connectivity index (χ2v) is 10.2. The van der Waals surface area contributed by atoms with Gasteiger partial charge in [0.1, 0.15) is 5.82 Å². The molecule has 0 aliphatic carbocycles. The number of anilines is 1. The summed E-state index contributed by atoms with van der Waals surface area (Å²) in [5.74, 6) is 0.639. The Balaban J connectivity index is 1.78. The van der Waals surface area contributed by atoms with Gasteiger partial charge in [-0.25, -0.2) is 18.1 Å². The number of hydrogen-bond donors (Lipinski definition) is 2. The van der Waals surface area contributed by atoms with E-state index < -0.39 is 15.4 Å². The molecule has 2 N–H and O–H groups in total. The first-order valence-corrected chi connectivity index (χ1v) is 13.3. The van der Waals surface area contributed by atoms with E-state index in [9.17, 15) is 13.7 Å². The monoisotopic (exact) mass is 498 g/mol. The Kier molecular flexibility index (Phi) is 7.68. The van der Waals surface area contributed by atoms with Gasteiger partial charge in [0.2, 0.25) is 10.0 Å². The van der Waals surface area contributed by atoms with Crippen molar-refractivity contribution in [2.45, 2.75) is 11.8 Å². The molecule has 3 heterocycles. The SMILES string of the molecule is CS(=O)(=O)NCCNc1cccc(CC(c2cccnc2)(c2cccnc2)c2cccc(C#N)c2)n1. The van der Waals surface area contributed by atoms with Gasteiger partial charge in [0.15, 0.2) is 0 Å². The standard InChI is InChI=1S/C27H26N6O2S/c1-36(34,35)32-15-14-31-26-11-3-10-25(33-26)17-27(23-8-4-12-29-19-23,24-9-5-13-30-20-24)22-7-2-6-21(16-22)18-28/h2-13,16,19-20,32H,14-15,17H2,1H3,(H,31,33). The molecule has 0 saturated heterocycles. The molecule has 8 nitrogen and oxygen atoms in total. The van der Waals surface area contributed by atoms with Gasteiger partial charge < -0.3 is 5.32 Å². The molecule has 0 aliphatic rings. The van der Waals surface area contributed by atoms with E-state index in [1.165, 1.54) is 0 Å². The van der Waals surface area contributed by atoms with E-state index in [4.69, 9.17) is 4.98 Å². The van der Waals surface area contributed by atoms with Gasteiger partial charge in [0.05, 0.1) is 23.3 Å². The minimum atomic E-state index is -3.25. The topological polar surface area (TPSA) is 121 Å². The maximum atomic E-state index is 11.3. The third-order valence-electron chi connectivity index (χ3n) is 5.84. The lowest BCUT2D eigenvalue weighted by atomic mass is 9.67. The molecule has 0 saturated carbocycles. The van der Waals surface area contributed by atoms with Crippen molar-refractivity contribution in [3.63, 3.8) is 0 Å². The average molecular weight is 499 g/mol. The van der Waals surface area contributed by atoms with Crippen LogP contribution in [0.4, 0.5) is 5.82 Å². The summed E-state index contributed by atoms with van der Waals surface area (Å²) in [4.78, 5) is 13.6. The van der Waals surface area contributed by atoms with Crippen LogP contribution in [0.2, 0.25) is 0 Å². The van der Waals surface area contributed by atoms with E-state index in [1.54, 1.807) is 18.5 Å². The fourth-order valence-electron chi connectivity index (χ4n) is 4.27. The van der Waals surface area contributed by atoms with Gasteiger partial charge in [0, 0.05) is 50.0 Å². The van der Waals surface area contributed by atoms with E-state index in [-0.39, 0.29) is 6.54 Å². The molecular formula is C27H26N6O2S. The molecule has 0 amide bonds. The highest BCUT2D eigenvalue weighted by molar-refractivity contribution is 7.88. The van der Waals surface area contributed by atoms with Crippen LogP contribution in [0.1, 0.15) is 27.9 Å². The quantitative estimate of drug-likeness (QED) is 0.322. The number of nitrogens with zero attached hydrogens (tertiary/aromatic N) is 4. The Labute approximate surface area is 211 Å². The lowest BCUT2D eigenvalue weighted by molar-refractivity contribution is 0.589. The zero-order valence-electron chi connectivity index (χ0n) is 19.8. The van der Waals surface area contributed by atoms with E-state index in [0.29, 0.717) is 24.3 Å². The Hall–Kier alpha value is -4.13. The van der Waals surface area contributed by atoms with Gasteiger partial charge >= 0.3 is 0 Å². The molecular weight excluding hydrogens is 472 g/mol. The maximum absolute atomic E-state index is 11.3. The third kappa shape index (κ3) is 5.92. The molecule has 0 spiro atoms. The molecule has 36 heavy (non-hydrogen) atoms. The summed E-state index contributed by atoms with van der Waals surface area (Å²) in [5.41, 5.74) is 3.49. The fraction of sp³-hybridized carbons (Fsp3) is 0.185. The Bertz CT molecular complexity index is 1420. The van der Waals surface area contributed by atoms with Gasteiger partial charge in [-0.3, -0.25) is 9.97 Å². The number of hydrogen-bond acceptors (Lipinski definition) is 7. The molecule has 3 aromatic heterocycles. The van der Waals surface area contributed by atoms with Crippen LogP contribution in [0.15, 0.2) is 91.5 Å². The molecule has 182 valence electrons. The van der Waals surface area contributed by atoms with E-state index >= 15 is 0 Å². The second kappa shape index (κ2) is 11.1. The average Bonchev–Trinajstić information content (AvgIpc) is 2.90. The number of nitrogens with one attached hydrogen (secondary N) is 2. The molecule has 0 atom stereocenters. The highest BCUT2D eigenvalue weighted by atomic mass is 32.2. The van der Waals surface area contributed by atoms with Gasteiger partial charge in [-0.15, -0.1) is 0 Å². The van der Waals surface area contributed by atoms with Gasteiger partial charge in [-0.2, -0.15) is 5.26 Å². The minimum absolute atomic E-state index is 0.251. The lowest BCUT2D eigenvalue weighted by Gasteiger charge is -2.35. The Morgan fingerprint density at radius 3 is 2.17 bits per heavy atom. The molecule has 0 bridgehead atoms. The normalized spacial score (nSPS) is 11.6. The number of nitriles is 1. The van der Waals surface area contributed by atoms with Crippen LogP contribution in [0, 0.1) is 11.3 Å².